The second kappa shape index (κ2) is 3.93. The van der Waals surface area contributed by atoms with Crippen LogP contribution in [0.3, 0.4) is 0 Å². The number of benzene rings is 1. The summed E-state index contributed by atoms with van der Waals surface area (Å²) >= 11 is 1.51. The molecule has 2 aromatic rings. The number of thiophene rings is 1. The molecule has 2 unspecified atom stereocenters. The molecule has 1 aliphatic rings. The fourth-order valence-electron chi connectivity index (χ4n) is 2.52. The van der Waals surface area contributed by atoms with Crippen LogP contribution in [0.1, 0.15) is 31.6 Å². The Bertz CT molecular complexity index is 615. The van der Waals surface area contributed by atoms with Crippen LogP contribution in [0, 0.1) is 6.92 Å². The number of fused-ring (bicyclic) bond motifs is 1. The zero-order chi connectivity index (χ0) is 12.9. The highest BCUT2D eigenvalue weighted by Crippen LogP contribution is 2.41. The van der Waals surface area contributed by atoms with E-state index < -0.39 is 6.04 Å². The van der Waals surface area contributed by atoms with Crippen LogP contribution in [-0.2, 0) is 0 Å². The molecule has 0 saturated heterocycles. The zero-order valence-electron chi connectivity index (χ0n) is 9.88. The number of aromatic hydroxyl groups is 1. The van der Waals surface area contributed by atoms with Gasteiger partial charge in [0, 0.05) is 10.8 Å². The third-order valence-electron chi connectivity index (χ3n) is 3.36. The van der Waals surface area contributed by atoms with Crippen molar-refractivity contribution in [3.8, 4) is 5.75 Å². The van der Waals surface area contributed by atoms with Crippen molar-refractivity contribution in [3.63, 3.8) is 0 Å². The molecular formula is C14H13NO2S. The van der Waals surface area contributed by atoms with E-state index in [2.05, 4.69) is 0 Å². The molecule has 0 bridgehead atoms. The Kier molecular flexibility index (Phi) is 2.50. The van der Waals surface area contributed by atoms with Crippen LogP contribution in [0.25, 0.3) is 0 Å². The summed E-state index contributed by atoms with van der Waals surface area (Å²) in [5.41, 5.74) is 8.04. The number of carbonyl (C=O) groups excluding carboxylic acids is 1. The quantitative estimate of drug-likeness (QED) is 0.826. The predicted molar refractivity (Wildman–Crippen MR) is 71.3 cm³/mol. The SMILES string of the molecule is Cc1cc2c(s1)C(=O)C(N)C2c1ccc(O)cc1. The van der Waals surface area contributed by atoms with Crippen LogP contribution in [0.4, 0.5) is 0 Å². The molecule has 3 nitrogen and oxygen atoms in total. The number of carbonyl (C=O) groups is 1. The Morgan fingerprint density at radius 1 is 1.28 bits per heavy atom. The lowest BCUT2D eigenvalue weighted by Crippen LogP contribution is -2.31. The summed E-state index contributed by atoms with van der Waals surface area (Å²) < 4.78 is 0. The topological polar surface area (TPSA) is 63.3 Å². The largest absolute Gasteiger partial charge is 0.508 e. The number of nitrogens with two attached hydrogens (primary N) is 1. The average Bonchev–Trinajstić information content (AvgIpc) is 2.81. The average molecular weight is 259 g/mol. The fraction of sp³-hybridized carbons (Fsp3) is 0.214. The third-order valence-corrected chi connectivity index (χ3v) is 4.44. The molecule has 0 aliphatic heterocycles. The molecule has 0 amide bonds. The molecule has 1 aromatic carbocycles. The van der Waals surface area contributed by atoms with E-state index >= 15 is 0 Å². The first-order valence-corrected chi connectivity index (χ1v) is 6.58. The Morgan fingerprint density at radius 2 is 1.94 bits per heavy atom. The first-order valence-electron chi connectivity index (χ1n) is 5.77. The van der Waals surface area contributed by atoms with Gasteiger partial charge in [0.1, 0.15) is 5.75 Å². The fourth-order valence-corrected chi connectivity index (χ4v) is 3.57. The van der Waals surface area contributed by atoms with Crippen LogP contribution in [0.2, 0.25) is 0 Å². The Morgan fingerprint density at radius 3 is 2.61 bits per heavy atom. The first-order chi connectivity index (χ1) is 8.58. The van der Waals surface area contributed by atoms with E-state index in [4.69, 9.17) is 5.73 Å². The van der Waals surface area contributed by atoms with Crippen molar-refractivity contribution in [2.45, 2.75) is 18.9 Å². The Labute approximate surface area is 109 Å². The Balaban J connectivity index is 2.12. The molecule has 2 atom stereocenters. The lowest BCUT2D eigenvalue weighted by atomic mass is 9.91. The van der Waals surface area contributed by atoms with Crippen molar-refractivity contribution >= 4 is 17.1 Å². The van der Waals surface area contributed by atoms with E-state index in [-0.39, 0.29) is 17.5 Å². The summed E-state index contributed by atoms with van der Waals surface area (Å²) in [6, 6.07) is 8.46. The van der Waals surface area contributed by atoms with Gasteiger partial charge < -0.3 is 10.8 Å². The summed E-state index contributed by atoms with van der Waals surface area (Å²) in [6.45, 7) is 2.00. The number of hydrogen-bond acceptors (Lipinski definition) is 4. The van der Waals surface area contributed by atoms with E-state index in [0.29, 0.717) is 0 Å². The van der Waals surface area contributed by atoms with Crippen LogP contribution < -0.4 is 5.73 Å². The lowest BCUT2D eigenvalue weighted by Gasteiger charge is -2.15. The minimum absolute atomic E-state index is 0.0289. The molecule has 0 spiro atoms. The molecule has 1 heterocycles. The van der Waals surface area contributed by atoms with Gasteiger partial charge in [0.05, 0.1) is 10.9 Å². The monoisotopic (exact) mass is 259 g/mol. The molecule has 1 aliphatic carbocycles. The van der Waals surface area contributed by atoms with E-state index in [0.717, 1.165) is 20.9 Å². The first kappa shape index (κ1) is 11.4. The van der Waals surface area contributed by atoms with Gasteiger partial charge >= 0.3 is 0 Å². The van der Waals surface area contributed by atoms with E-state index in [9.17, 15) is 9.90 Å². The van der Waals surface area contributed by atoms with E-state index in [1.54, 1.807) is 12.1 Å². The van der Waals surface area contributed by atoms with Gasteiger partial charge in [0.15, 0.2) is 5.78 Å². The van der Waals surface area contributed by atoms with Crippen molar-refractivity contribution in [2.24, 2.45) is 5.73 Å². The summed E-state index contributed by atoms with van der Waals surface area (Å²) in [7, 11) is 0. The second-order valence-corrected chi connectivity index (χ2v) is 5.86. The Hall–Kier alpha value is -1.65. The standard InChI is InChI=1S/C14H13NO2S/c1-7-6-10-11(8-2-4-9(16)5-3-8)12(15)13(17)14(10)18-7/h2-6,11-12,16H,15H2,1H3. The third kappa shape index (κ3) is 1.57. The van der Waals surface area contributed by atoms with Crippen LogP contribution >= 0.6 is 11.3 Å². The van der Waals surface area contributed by atoms with Crippen LogP contribution in [-0.4, -0.2) is 16.9 Å². The number of aryl methyl sites for hydroxylation is 1. The molecule has 4 heteroatoms. The van der Waals surface area contributed by atoms with Crippen molar-refractivity contribution in [3.05, 3.63) is 51.2 Å². The normalized spacial score (nSPS) is 22.2. The summed E-state index contributed by atoms with van der Waals surface area (Å²) in [6.07, 6.45) is 0. The van der Waals surface area contributed by atoms with Gasteiger partial charge in [-0.15, -0.1) is 11.3 Å². The van der Waals surface area contributed by atoms with Crippen molar-refractivity contribution < 1.29 is 9.90 Å². The molecule has 92 valence electrons. The van der Waals surface area contributed by atoms with Gasteiger partial charge in [-0.05, 0) is 36.2 Å². The van der Waals surface area contributed by atoms with Gasteiger partial charge in [0.2, 0.25) is 0 Å². The molecule has 1 aromatic heterocycles. The maximum absolute atomic E-state index is 12.1. The molecule has 0 fully saturated rings. The summed E-state index contributed by atoms with van der Waals surface area (Å²) in [5, 5.41) is 9.32. The highest BCUT2D eigenvalue weighted by Gasteiger charge is 2.39. The molecule has 3 rings (SSSR count). The number of hydrogen-bond donors (Lipinski definition) is 2. The van der Waals surface area contributed by atoms with Crippen LogP contribution in [0.5, 0.6) is 5.75 Å². The lowest BCUT2D eigenvalue weighted by molar-refractivity contribution is 0.0973. The minimum atomic E-state index is -0.503. The van der Waals surface area contributed by atoms with E-state index in [1.165, 1.54) is 11.3 Å². The van der Waals surface area contributed by atoms with Crippen molar-refractivity contribution in [1.82, 2.24) is 0 Å². The number of rotatable bonds is 1. The minimum Gasteiger partial charge on any atom is -0.508 e. The zero-order valence-corrected chi connectivity index (χ0v) is 10.7. The number of phenolic OH excluding ortho intramolecular Hbond substituents is 1. The van der Waals surface area contributed by atoms with Gasteiger partial charge in [-0.25, -0.2) is 0 Å². The number of Topliss-reactive ketones (excluding diaryl/α,β-unsaturated/α-hetero) is 1. The highest BCUT2D eigenvalue weighted by molar-refractivity contribution is 7.14. The summed E-state index contributed by atoms with van der Waals surface area (Å²) in [5.74, 6) is 0.164. The highest BCUT2D eigenvalue weighted by atomic mass is 32.1. The van der Waals surface area contributed by atoms with Gasteiger partial charge in [-0.1, -0.05) is 12.1 Å². The maximum atomic E-state index is 12.1. The molecule has 0 radical (unpaired) electrons. The smallest absolute Gasteiger partial charge is 0.190 e. The van der Waals surface area contributed by atoms with Gasteiger partial charge in [0.25, 0.3) is 0 Å². The van der Waals surface area contributed by atoms with E-state index in [1.807, 2.05) is 25.1 Å². The van der Waals surface area contributed by atoms with Crippen molar-refractivity contribution in [2.75, 3.05) is 0 Å². The van der Waals surface area contributed by atoms with Crippen molar-refractivity contribution in [1.29, 1.82) is 0 Å². The maximum Gasteiger partial charge on any atom is 0.190 e. The van der Waals surface area contributed by atoms with Gasteiger partial charge in [-0.2, -0.15) is 0 Å². The second-order valence-electron chi connectivity index (χ2n) is 4.60. The number of phenols is 1. The summed E-state index contributed by atoms with van der Waals surface area (Å²) in [4.78, 5) is 14.0. The molecule has 0 saturated carbocycles. The molecular weight excluding hydrogens is 246 g/mol. The number of ketones is 1. The predicted octanol–water partition coefficient (Wildman–Crippen LogP) is 2.42. The molecule has 18 heavy (non-hydrogen) atoms. The molecule has 3 N–H and O–H groups in total. The van der Waals surface area contributed by atoms with Gasteiger partial charge in [-0.3, -0.25) is 4.79 Å². The van der Waals surface area contributed by atoms with Crippen LogP contribution in [0.15, 0.2) is 30.3 Å².